The van der Waals surface area contributed by atoms with Crippen molar-refractivity contribution in [1.82, 2.24) is 10.4 Å². The third-order valence-electron chi connectivity index (χ3n) is 5.50. The zero-order valence-electron chi connectivity index (χ0n) is 21.2. The van der Waals surface area contributed by atoms with E-state index in [1.54, 1.807) is 54.6 Å². The number of benzene rings is 3. The summed E-state index contributed by atoms with van der Waals surface area (Å²) in [7, 11) is -2.52. The molecule has 0 unspecified atom stereocenters. The van der Waals surface area contributed by atoms with Gasteiger partial charge in [-0.2, -0.15) is 5.10 Å². The second-order valence-electron chi connectivity index (χ2n) is 8.28. The first-order chi connectivity index (χ1) is 19.3. The third kappa shape index (κ3) is 7.38. The summed E-state index contributed by atoms with van der Waals surface area (Å²) in [5.74, 6) is 0.304. The number of aromatic nitrogens is 1. The average Bonchev–Trinajstić information content (AvgIpc) is 2.97. The number of pyridine rings is 1. The van der Waals surface area contributed by atoms with E-state index in [0.717, 1.165) is 9.87 Å². The monoisotopic (exact) mass is 642 g/mol. The Labute approximate surface area is 245 Å². The summed E-state index contributed by atoms with van der Waals surface area (Å²) >= 11 is 9.43. The topological polar surface area (TPSA) is 110 Å². The molecule has 9 nitrogen and oxygen atoms in total. The summed E-state index contributed by atoms with van der Waals surface area (Å²) in [6, 6.07) is 21.7. The Hall–Kier alpha value is -3.93. The lowest BCUT2D eigenvalue weighted by Gasteiger charge is -2.23. The molecule has 4 aromatic rings. The first-order valence-electron chi connectivity index (χ1n) is 11.8. The fraction of sp³-hybridized carbons (Fsp3) is 0.107. The molecular formula is C28H24BrClN4O5S. The molecule has 0 atom stereocenters. The van der Waals surface area contributed by atoms with Crippen molar-refractivity contribution in [3.05, 3.63) is 112 Å². The Morgan fingerprint density at radius 3 is 2.52 bits per heavy atom. The zero-order valence-corrected chi connectivity index (χ0v) is 24.4. The number of hydrogen-bond donors (Lipinski definition) is 1. The minimum atomic E-state index is -4.04. The van der Waals surface area contributed by atoms with Gasteiger partial charge in [0.1, 0.15) is 13.2 Å². The van der Waals surface area contributed by atoms with Gasteiger partial charge >= 0.3 is 0 Å². The molecule has 1 amide bonds. The Balaban J connectivity index is 1.46. The average molecular weight is 644 g/mol. The van der Waals surface area contributed by atoms with Gasteiger partial charge in [-0.05, 0) is 75.6 Å². The Morgan fingerprint density at radius 1 is 1.10 bits per heavy atom. The predicted octanol–water partition coefficient (Wildman–Crippen LogP) is 5.43. The molecule has 0 radical (unpaired) electrons. The fourth-order valence-electron chi connectivity index (χ4n) is 3.57. The largest absolute Gasteiger partial charge is 0.493 e. The minimum absolute atomic E-state index is 0.0467. The van der Waals surface area contributed by atoms with Crippen molar-refractivity contribution in [2.45, 2.75) is 11.5 Å². The van der Waals surface area contributed by atoms with Crippen LogP contribution in [-0.2, 0) is 21.4 Å². The summed E-state index contributed by atoms with van der Waals surface area (Å²) in [5, 5.41) is 4.64. The van der Waals surface area contributed by atoms with Crippen molar-refractivity contribution in [3.63, 3.8) is 0 Å². The van der Waals surface area contributed by atoms with Crippen LogP contribution >= 0.6 is 27.5 Å². The molecule has 12 heteroatoms. The van der Waals surface area contributed by atoms with Crippen molar-refractivity contribution in [2.75, 3.05) is 18.0 Å². The third-order valence-corrected chi connectivity index (χ3v) is 8.13. The molecule has 0 fully saturated rings. The summed E-state index contributed by atoms with van der Waals surface area (Å²) in [6.07, 6.45) is 4.30. The number of sulfonamides is 1. The predicted molar refractivity (Wildman–Crippen MR) is 157 cm³/mol. The second kappa shape index (κ2) is 13.4. The zero-order chi connectivity index (χ0) is 28.5. The molecule has 206 valence electrons. The summed E-state index contributed by atoms with van der Waals surface area (Å²) in [5.41, 5.74) is 4.16. The molecule has 40 heavy (non-hydrogen) atoms. The number of halogens is 2. The normalized spacial score (nSPS) is 11.3. The van der Waals surface area contributed by atoms with E-state index in [4.69, 9.17) is 21.1 Å². The van der Waals surface area contributed by atoms with Crippen molar-refractivity contribution >= 4 is 55.4 Å². The highest BCUT2D eigenvalue weighted by Gasteiger charge is 2.27. The molecule has 0 aliphatic heterocycles. The van der Waals surface area contributed by atoms with Crippen LogP contribution in [0.15, 0.2) is 106 Å². The van der Waals surface area contributed by atoms with Crippen molar-refractivity contribution < 1.29 is 22.7 Å². The quantitative estimate of drug-likeness (QED) is 0.172. The van der Waals surface area contributed by atoms with Gasteiger partial charge < -0.3 is 9.47 Å². The van der Waals surface area contributed by atoms with E-state index in [-0.39, 0.29) is 10.6 Å². The first-order valence-corrected chi connectivity index (χ1v) is 14.4. The lowest BCUT2D eigenvalue weighted by atomic mass is 10.2. The molecule has 1 aromatic heterocycles. The highest BCUT2D eigenvalue weighted by atomic mass is 79.9. The van der Waals surface area contributed by atoms with Crippen LogP contribution in [0, 0.1) is 0 Å². The maximum atomic E-state index is 13.3. The van der Waals surface area contributed by atoms with Crippen LogP contribution in [0.5, 0.6) is 11.5 Å². The number of nitrogens with one attached hydrogen (secondary N) is 1. The number of methoxy groups -OCH3 is 1. The lowest BCUT2D eigenvalue weighted by molar-refractivity contribution is -0.119. The minimum Gasteiger partial charge on any atom is -0.493 e. The number of hydrazone groups is 1. The highest BCUT2D eigenvalue weighted by molar-refractivity contribution is 9.10. The number of rotatable bonds is 11. The first kappa shape index (κ1) is 29.1. The van der Waals surface area contributed by atoms with Crippen LogP contribution in [0.4, 0.5) is 5.69 Å². The molecule has 3 aromatic carbocycles. The van der Waals surface area contributed by atoms with Gasteiger partial charge in [0.25, 0.3) is 15.9 Å². The van der Waals surface area contributed by atoms with E-state index in [1.165, 1.54) is 37.9 Å². The molecular weight excluding hydrogens is 620 g/mol. The van der Waals surface area contributed by atoms with Gasteiger partial charge in [-0.15, -0.1) is 0 Å². The van der Waals surface area contributed by atoms with E-state index in [2.05, 4.69) is 31.4 Å². The fourth-order valence-corrected chi connectivity index (χ4v) is 5.70. The van der Waals surface area contributed by atoms with Crippen molar-refractivity contribution in [1.29, 1.82) is 0 Å². The standard InChI is InChI=1S/C28H24BrClN4O5S/c1-38-26-15-21(14-25(29)28(26)39-19-20-9-11-22(30)12-10-20)16-32-33-27(35)18-34(23-6-5-13-31-17-23)40(36,37)24-7-3-2-4-8-24/h2-17H,18-19H2,1H3,(H,33,35)/b32-16-. The number of nitrogens with zero attached hydrogens (tertiary/aromatic N) is 3. The van der Waals surface area contributed by atoms with E-state index < -0.39 is 22.5 Å². The van der Waals surface area contributed by atoms with Gasteiger partial charge in [-0.1, -0.05) is 41.9 Å². The number of ether oxygens (including phenoxy) is 2. The van der Waals surface area contributed by atoms with Gasteiger partial charge in [0, 0.05) is 11.2 Å². The van der Waals surface area contributed by atoms with Gasteiger partial charge in [0.15, 0.2) is 11.5 Å². The van der Waals surface area contributed by atoms with Crippen LogP contribution < -0.4 is 19.2 Å². The Morgan fingerprint density at radius 2 is 1.85 bits per heavy atom. The number of amides is 1. The number of hydrogen-bond acceptors (Lipinski definition) is 7. The molecule has 0 saturated carbocycles. The maximum absolute atomic E-state index is 13.3. The Kier molecular flexibility index (Phi) is 9.75. The van der Waals surface area contributed by atoms with Crippen LogP contribution in [-0.4, -0.2) is 39.2 Å². The van der Waals surface area contributed by atoms with Crippen LogP contribution in [0.25, 0.3) is 0 Å². The van der Waals surface area contributed by atoms with Crippen molar-refractivity contribution in [2.24, 2.45) is 5.10 Å². The van der Waals surface area contributed by atoms with Gasteiger partial charge in [0.05, 0.1) is 34.6 Å². The smallest absolute Gasteiger partial charge is 0.264 e. The van der Waals surface area contributed by atoms with E-state index >= 15 is 0 Å². The summed E-state index contributed by atoms with van der Waals surface area (Å²) in [4.78, 5) is 16.8. The van der Waals surface area contributed by atoms with Gasteiger partial charge in [-0.25, -0.2) is 13.8 Å². The molecule has 0 aliphatic rings. The molecule has 1 heterocycles. The lowest BCUT2D eigenvalue weighted by Crippen LogP contribution is -2.39. The molecule has 0 aliphatic carbocycles. The van der Waals surface area contributed by atoms with E-state index in [9.17, 15) is 13.2 Å². The molecule has 1 N–H and O–H groups in total. The number of carbonyl (C=O) groups excluding carboxylic acids is 1. The molecule has 4 rings (SSSR count). The number of anilines is 1. The van der Waals surface area contributed by atoms with Gasteiger partial charge in [0.2, 0.25) is 0 Å². The molecule has 0 bridgehead atoms. The van der Waals surface area contributed by atoms with E-state index in [0.29, 0.717) is 33.2 Å². The number of carbonyl (C=O) groups is 1. The maximum Gasteiger partial charge on any atom is 0.264 e. The summed E-state index contributed by atoms with van der Waals surface area (Å²) in [6.45, 7) is -0.209. The Bertz CT molecular complexity index is 1590. The van der Waals surface area contributed by atoms with Gasteiger partial charge in [-0.3, -0.25) is 14.1 Å². The van der Waals surface area contributed by atoms with Crippen molar-refractivity contribution in [3.8, 4) is 11.5 Å². The molecule has 0 spiro atoms. The van der Waals surface area contributed by atoms with Crippen LogP contribution in [0.1, 0.15) is 11.1 Å². The van der Waals surface area contributed by atoms with Crippen LogP contribution in [0.2, 0.25) is 5.02 Å². The SMILES string of the molecule is COc1cc(/C=N\NC(=O)CN(c2cccnc2)S(=O)(=O)c2ccccc2)cc(Br)c1OCc1ccc(Cl)cc1. The second-order valence-corrected chi connectivity index (χ2v) is 11.4. The van der Waals surface area contributed by atoms with E-state index in [1.807, 2.05) is 12.1 Å². The highest BCUT2D eigenvalue weighted by Crippen LogP contribution is 2.37. The van der Waals surface area contributed by atoms with Crippen LogP contribution in [0.3, 0.4) is 0 Å². The summed E-state index contributed by atoms with van der Waals surface area (Å²) < 4.78 is 39.6. The molecule has 0 saturated heterocycles.